The van der Waals surface area contributed by atoms with Gasteiger partial charge in [-0.1, -0.05) is 17.7 Å². The molecule has 1 aliphatic heterocycles. The third-order valence-electron chi connectivity index (χ3n) is 2.06. The maximum atomic E-state index is 8.81. The topological polar surface area (TPSA) is 59.0 Å². The van der Waals surface area contributed by atoms with E-state index in [9.17, 15) is 0 Å². The summed E-state index contributed by atoms with van der Waals surface area (Å²) in [7, 11) is 0. The summed E-state index contributed by atoms with van der Waals surface area (Å²) >= 11 is 5.81. The standard InChI is InChI=1S/C9H7ClN2O/c10-7-2-1-5-8(12)4-13-9(5)6(7)3-11/h1-2,8H,4,12H2/t8-/m0/s1. The molecule has 0 aromatic heterocycles. The second kappa shape index (κ2) is 2.91. The molecule has 2 N–H and O–H groups in total. The van der Waals surface area contributed by atoms with E-state index in [-0.39, 0.29) is 6.04 Å². The zero-order valence-corrected chi connectivity index (χ0v) is 7.51. The first-order valence-electron chi connectivity index (χ1n) is 3.85. The highest BCUT2D eigenvalue weighted by atomic mass is 35.5. The van der Waals surface area contributed by atoms with Crippen LogP contribution in [0.5, 0.6) is 5.75 Å². The lowest BCUT2D eigenvalue weighted by Gasteiger charge is -2.02. The number of hydrogen-bond donors (Lipinski definition) is 1. The van der Waals surface area contributed by atoms with Crippen molar-refractivity contribution in [2.75, 3.05) is 6.61 Å². The zero-order chi connectivity index (χ0) is 9.42. The highest BCUT2D eigenvalue weighted by molar-refractivity contribution is 6.32. The summed E-state index contributed by atoms with van der Waals surface area (Å²) in [4.78, 5) is 0. The Morgan fingerprint density at radius 3 is 3.08 bits per heavy atom. The van der Waals surface area contributed by atoms with Gasteiger partial charge in [0, 0.05) is 5.56 Å². The average molecular weight is 195 g/mol. The van der Waals surface area contributed by atoms with Crippen LogP contribution in [0.4, 0.5) is 0 Å². The van der Waals surface area contributed by atoms with Gasteiger partial charge in [-0.25, -0.2) is 0 Å². The summed E-state index contributed by atoms with van der Waals surface area (Å²) in [5, 5.41) is 9.23. The van der Waals surface area contributed by atoms with Gasteiger partial charge >= 0.3 is 0 Å². The van der Waals surface area contributed by atoms with Gasteiger partial charge in [-0.05, 0) is 6.07 Å². The van der Waals surface area contributed by atoms with Crippen LogP contribution < -0.4 is 10.5 Å². The van der Waals surface area contributed by atoms with E-state index in [1.165, 1.54) is 0 Å². The predicted molar refractivity (Wildman–Crippen MR) is 48.6 cm³/mol. The van der Waals surface area contributed by atoms with Crippen LogP contribution in [0, 0.1) is 11.3 Å². The monoisotopic (exact) mass is 194 g/mol. The summed E-state index contributed by atoms with van der Waals surface area (Å²) in [5.74, 6) is 0.544. The van der Waals surface area contributed by atoms with E-state index >= 15 is 0 Å². The van der Waals surface area contributed by atoms with Crippen molar-refractivity contribution in [2.24, 2.45) is 5.73 Å². The van der Waals surface area contributed by atoms with E-state index in [4.69, 9.17) is 27.3 Å². The largest absolute Gasteiger partial charge is 0.490 e. The fraction of sp³-hybridized carbons (Fsp3) is 0.222. The summed E-state index contributed by atoms with van der Waals surface area (Å²) in [6, 6.07) is 5.34. The molecular weight excluding hydrogens is 188 g/mol. The molecule has 66 valence electrons. The van der Waals surface area contributed by atoms with Crippen LogP contribution in [-0.4, -0.2) is 6.61 Å². The van der Waals surface area contributed by atoms with Crippen LogP contribution in [0.1, 0.15) is 17.2 Å². The smallest absolute Gasteiger partial charge is 0.143 e. The molecule has 0 saturated carbocycles. The van der Waals surface area contributed by atoms with Crippen LogP contribution in [-0.2, 0) is 0 Å². The zero-order valence-electron chi connectivity index (χ0n) is 6.75. The Bertz CT molecular complexity index is 397. The van der Waals surface area contributed by atoms with Crippen molar-refractivity contribution < 1.29 is 4.74 Å². The van der Waals surface area contributed by atoms with Crippen molar-refractivity contribution in [1.82, 2.24) is 0 Å². The quantitative estimate of drug-likeness (QED) is 0.683. The van der Waals surface area contributed by atoms with Crippen LogP contribution in [0.2, 0.25) is 5.02 Å². The minimum absolute atomic E-state index is 0.139. The van der Waals surface area contributed by atoms with Crippen LogP contribution >= 0.6 is 11.6 Å². The normalized spacial score (nSPS) is 19.0. The van der Waals surface area contributed by atoms with Crippen molar-refractivity contribution in [3.8, 4) is 11.8 Å². The van der Waals surface area contributed by atoms with E-state index in [1.54, 1.807) is 12.1 Å². The van der Waals surface area contributed by atoms with Gasteiger partial charge in [0.05, 0.1) is 11.1 Å². The first-order valence-corrected chi connectivity index (χ1v) is 4.22. The fourth-order valence-corrected chi connectivity index (χ4v) is 1.58. The number of nitrogens with two attached hydrogens (primary N) is 1. The first kappa shape index (κ1) is 8.36. The van der Waals surface area contributed by atoms with Crippen LogP contribution in [0.3, 0.4) is 0 Å². The van der Waals surface area contributed by atoms with Gasteiger partial charge in [-0.2, -0.15) is 5.26 Å². The Hall–Kier alpha value is -1.24. The average Bonchev–Trinajstić information content (AvgIpc) is 2.48. The summed E-state index contributed by atoms with van der Waals surface area (Å²) in [6.07, 6.45) is 0. The molecule has 2 rings (SSSR count). The minimum Gasteiger partial charge on any atom is -0.490 e. The molecule has 1 atom stereocenters. The third kappa shape index (κ3) is 1.15. The maximum absolute atomic E-state index is 8.81. The summed E-state index contributed by atoms with van der Waals surface area (Å²) < 4.78 is 5.28. The molecule has 1 aromatic carbocycles. The maximum Gasteiger partial charge on any atom is 0.143 e. The molecule has 1 aliphatic rings. The van der Waals surface area contributed by atoms with Gasteiger partial charge in [0.25, 0.3) is 0 Å². The SMILES string of the molecule is N#Cc1c(Cl)ccc2c1OC[C@@H]2N. The Kier molecular flexibility index (Phi) is 1.87. The molecule has 0 aliphatic carbocycles. The van der Waals surface area contributed by atoms with Crippen LogP contribution in [0.25, 0.3) is 0 Å². The molecule has 1 aromatic rings. The van der Waals surface area contributed by atoms with Gasteiger partial charge in [-0.3, -0.25) is 0 Å². The number of hydrogen-bond acceptors (Lipinski definition) is 3. The molecule has 0 radical (unpaired) electrons. The second-order valence-corrected chi connectivity index (χ2v) is 3.28. The summed E-state index contributed by atoms with van der Waals surface area (Å²) in [5.41, 5.74) is 6.99. The molecule has 0 amide bonds. The first-order chi connectivity index (χ1) is 6.24. The lowest BCUT2D eigenvalue weighted by atomic mass is 10.1. The molecule has 0 spiro atoms. The van der Waals surface area contributed by atoms with Gasteiger partial charge in [0.2, 0.25) is 0 Å². The molecule has 3 nitrogen and oxygen atoms in total. The fourth-order valence-electron chi connectivity index (χ4n) is 1.39. The van der Waals surface area contributed by atoms with Crippen molar-refractivity contribution in [1.29, 1.82) is 5.26 Å². The third-order valence-corrected chi connectivity index (χ3v) is 2.37. The van der Waals surface area contributed by atoms with Crippen molar-refractivity contribution in [3.63, 3.8) is 0 Å². The minimum atomic E-state index is -0.139. The lowest BCUT2D eigenvalue weighted by Crippen LogP contribution is -2.10. The van der Waals surface area contributed by atoms with Crippen molar-refractivity contribution >= 4 is 11.6 Å². The van der Waals surface area contributed by atoms with Crippen LogP contribution in [0.15, 0.2) is 12.1 Å². The number of halogens is 1. The van der Waals surface area contributed by atoms with Gasteiger partial charge in [-0.15, -0.1) is 0 Å². The summed E-state index contributed by atoms with van der Waals surface area (Å²) in [6.45, 7) is 0.421. The molecule has 0 saturated heterocycles. The predicted octanol–water partition coefficient (Wildman–Crippen LogP) is 1.60. The molecule has 13 heavy (non-hydrogen) atoms. The number of ether oxygens (including phenoxy) is 1. The van der Waals surface area contributed by atoms with E-state index in [0.717, 1.165) is 5.56 Å². The van der Waals surface area contributed by atoms with E-state index in [1.807, 2.05) is 6.07 Å². The highest BCUT2D eigenvalue weighted by Crippen LogP contribution is 2.37. The van der Waals surface area contributed by atoms with E-state index in [2.05, 4.69) is 0 Å². The number of nitrogens with zero attached hydrogens (tertiary/aromatic N) is 1. The molecule has 0 unspecified atom stereocenters. The van der Waals surface area contributed by atoms with Crippen molar-refractivity contribution in [2.45, 2.75) is 6.04 Å². The molecule has 0 fully saturated rings. The molecular formula is C9H7ClN2O. The van der Waals surface area contributed by atoms with Gasteiger partial charge in [0.15, 0.2) is 0 Å². The van der Waals surface area contributed by atoms with E-state index in [0.29, 0.717) is 22.9 Å². The Morgan fingerprint density at radius 2 is 2.38 bits per heavy atom. The number of fused-ring (bicyclic) bond motifs is 1. The van der Waals surface area contributed by atoms with Crippen molar-refractivity contribution in [3.05, 3.63) is 28.3 Å². The number of rotatable bonds is 0. The Balaban J connectivity index is 2.66. The molecule has 1 heterocycles. The molecule has 4 heteroatoms. The van der Waals surface area contributed by atoms with Gasteiger partial charge in [0.1, 0.15) is 24.0 Å². The Morgan fingerprint density at radius 1 is 1.62 bits per heavy atom. The van der Waals surface area contributed by atoms with Gasteiger partial charge < -0.3 is 10.5 Å². The highest BCUT2D eigenvalue weighted by Gasteiger charge is 2.24. The lowest BCUT2D eigenvalue weighted by molar-refractivity contribution is 0.332. The number of benzene rings is 1. The Labute approximate surface area is 80.7 Å². The second-order valence-electron chi connectivity index (χ2n) is 2.87. The number of nitriles is 1. The van der Waals surface area contributed by atoms with E-state index < -0.39 is 0 Å². The molecule has 0 bridgehead atoms.